The van der Waals surface area contributed by atoms with Gasteiger partial charge in [0.25, 0.3) is 0 Å². The van der Waals surface area contributed by atoms with Crippen LogP contribution in [0.25, 0.3) is 0 Å². The normalized spacial score (nSPS) is 33.4. The smallest absolute Gasteiger partial charge is 0.0806 e. The Morgan fingerprint density at radius 3 is 2.50 bits per heavy atom. The minimum absolute atomic E-state index is 0.196. The monoisotopic (exact) mass is 199 g/mol. The van der Waals surface area contributed by atoms with Gasteiger partial charge in [-0.25, -0.2) is 0 Å². The molecular weight excluding hydrogens is 178 g/mol. The maximum Gasteiger partial charge on any atom is 0.0806 e. The third-order valence-corrected chi connectivity index (χ3v) is 3.73. The second-order valence-electron chi connectivity index (χ2n) is 4.69. The zero-order valence-corrected chi connectivity index (χ0v) is 9.29. The molecule has 1 unspecified atom stereocenters. The highest BCUT2D eigenvalue weighted by Crippen LogP contribution is 2.34. The molecule has 0 saturated carbocycles. The van der Waals surface area contributed by atoms with E-state index < -0.39 is 0 Å². The molecule has 0 bridgehead atoms. The lowest BCUT2D eigenvalue weighted by Gasteiger charge is -2.44. The van der Waals surface area contributed by atoms with Crippen LogP contribution in [0.5, 0.6) is 0 Å². The van der Waals surface area contributed by atoms with Gasteiger partial charge in [0, 0.05) is 20.2 Å². The van der Waals surface area contributed by atoms with Crippen molar-refractivity contribution in [2.45, 2.75) is 37.4 Å². The van der Waals surface area contributed by atoms with E-state index in [-0.39, 0.29) is 5.60 Å². The quantitative estimate of drug-likeness (QED) is 0.635. The van der Waals surface area contributed by atoms with Gasteiger partial charge in [-0.05, 0) is 32.7 Å². The molecule has 2 fully saturated rings. The van der Waals surface area contributed by atoms with Crippen molar-refractivity contribution in [1.29, 1.82) is 0 Å². The van der Waals surface area contributed by atoms with E-state index in [1.165, 1.54) is 38.8 Å². The van der Waals surface area contributed by atoms with E-state index in [0.717, 1.165) is 6.61 Å². The van der Waals surface area contributed by atoms with Crippen molar-refractivity contribution in [2.75, 3.05) is 33.9 Å². The maximum absolute atomic E-state index is 6.01. The predicted molar refractivity (Wildman–Crippen MR) is 55.4 cm³/mol. The van der Waals surface area contributed by atoms with Gasteiger partial charge in [0.1, 0.15) is 0 Å². The van der Waals surface area contributed by atoms with Gasteiger partial charge in [0.05, 0.1) is 18.3 Å². The first-order valence-electron chi connectivity index (χ1n) is 5.59. The average molecular weight is 199 g/mol. The highest BCUT2D eigenvalue weighted by Gasteiger charge is 2.38. The molecule has 14 heavy (non-hydrogen) atoms. The molecule has 3 heteroatoms. The SMILES string of the molecule is COC1CCC2(CCN(C)CC2)OC1. The Morgan fingerprint density at radius 1 is 1.29 bits per heavy atom. The Bertz CT molecular complexity index is 178. The maximum atomic E-state index is 6.01. The Kier molecular flexibility index (Phi) is 3.10. The van der Waals surface area contributed by atoms with Crippen LogP contribution in [0.4, 0.5) is 0 Å². The molecule has 1 atom stereocenters. The molecule has 82 valence electrons. The van der Waals surface area contributed by atoms with Crippen molar-refractivity contribution in [3.8, 4) is 0 Å². The molecule has 0 N–H and O–H groups in total. The Morgan fingerprint density at radius 2 is 2.00 bits per heavy atom. The second kappa shape index (κ2) is 4.17. The van der Waals surface area contributed by atoms with Crippen molar-refractivity contribution >= 4 is 0 Å². The zero-order chi connectivity index (χ0) is 10.0. The minimum Gasteiger partial charge on any atom is -0.379 e. The molecule has 2 saturated heterocycles. The molecule has 3 nitrogen and oxygen atoms in total. The molecule has 2 rings (SSSR count). The number of likely N-dealkylation sites (tertiary alicyclic amines) is 1. The summed E-state index contributed by atoms with van der Waals surface area (Å²) < 4.78 is 11.3. The third-order valence-electron chi connectivity index (χ3n) is 3.73. The van der Waals surface area contributed by atoms with Gasteiger partial charge < -0.3 is 14.4 Å². The second-order valence-corrected chi connectivity index (χ2v) is 4.69. The van der Waals surface area contributed by atoms with Crippen LogP contribution < -0.4 is 0 Å². The summed E-state index contributed by atoms with van der Waals surface area (Å²) in [5, 5.41) is 0. The number of methoxy groups -OCH3 is 1. The van der Waals surface area contributed by atoms with Gasteiger partial charge >= 0.3 is 0 Å². The fourth-order valence-corrected chi connectivity index (χ4v) is 2.46. The Hall–Kier alpha value is -0.120. The van der Waals surface area contributed by atoms with Crippen LogP contribution in [0.2, 0.25) is 0 Å². The zero-order valence-electron chi connectivity index (χ0n) is 9.29. The topological polar surface area (TPSA) is 21.7 Å². The van der Waals surface area contributed by atoms with E-state index in [2.05, 4.69) is 11.9 Å². The number of ether oxygens (including phenoxy) is 2. The van der Waals surface area contributed by atoms with Crippen molar-refractivity contribution in [2.24, 2.45) is 0 Å². The number of hydrogen-bond acceptors (Lipinski definition) is 3. The molecule has 0 aromatic rings. The number of rotatable bonds is 1. The van der Waals surface area contributed by atoms with E-state index in [4.69, 9.17) is 9.47 Å². The van der Waals surface area contributed by atoms with Crippen LogP contribution in [0.3, 0.4) is 0 Å². The summed E-state index contributed by atoms with van der Waals surface area (Å²) in [6.07, 6.45) is 5.07. The van der Waals surface area contributed by atoms with Gasteiger partial charge in [0.2, 0.25) is 0 Å². The summed E-state index contributed by atoms with van der Waals surface area (Å²) in [6.45, 7) is 3.15. The number of piperidine rings is 1. The van der Waals surface area contributed by atoms with Crippen LogP contribution >= 0.6 is 0 Å². The van der Waals surface area contributed by atoms with Gasteiger partial charge in [-0.15, -0.1) is 0 Å². The summed E-state index contributed by atoms with van der Waals surface area (Å²) in [6, 6.07) is 0. The summed E-state index contributed by atoms with van der Waals surface area (Å²) in [4.78, 5) is 2.39. The molecule has 2 aliphatic heterocycles. The Balaban J connectivity index is 1.86. The summed E-state index contributed by atoms with van der Waals surface area (Å²) >= 11 is 0. The lowest BCUT2D eigenvalue weighted by molar-refractivity contribution is -0.151. The number of nitrogens with zero attached hydrogens (tertiary/aromatic N) is 1. The first kappa shape index (κ1) is 10.4. The molecule has 2 heterocycles. The Labute approximate surface area is 86.4 Å². The van der Waals surface area contributed by atoms with Crippen LogP contribution in [0.1, 0.15) is 25.7 Å². The molecular formula is C11H21NO2. The largest absolute Gasteiger partial charge is 0.379 e. The van der Waals surface area contributed by atoms with Crippen LogP contribution in [0.15, 0.2) is 0 Å². The van der Waals surface area contributed by atoms with E-state index in [9.17, 15) is 0 Å². The predicted octanol–water partition coefficient (Wildman–Crippen LogP) is 1.28. The van der Waals surface area contributed by atoms with Gasteiger partial charge in [-0.3, -0.25) is 0 Å². The molecule has 0 aliphatic carbocycles. The summed E-state index contributed by atoms with van der Waals surface area (Å²) in [7, 11) is 3.97. The summed E-state index contributed by atoms with van der Waals surface area (Å²) in [5.41, 5.74) is 0.196. The molecule has 1 spiro atoms. The third kappa shape index (κ3) is 2.10. The molecule has 0 aromatic carbocycles. The van der Waals surface area contributed by atoms with Crippen LogP contribution in [-0.4, -0.2) is 50.5 Å². The van der Waals surface area contributed by atoms with Gasteiger partial charge in [-0.2, -0.15) is 0 Å². The van der Waals surface area contributed by atoms with Crippen LogP contribution in [0, 0.1) is 0 Å². The lowest BCUT2D eigenvalue weighted by Crippen LogP contribution is -2.49. The fraction of sp³-hybridized carbons (Fsp3) is 1.00. The highest BCUT2D eigenvalue weighted by atomic mass is 16.5. The van der Waals surface area contributed by atoms with Crippen LogP contribution in [-0.2, 0) is 9.47 Å². The van der Waals surface area contributed by atoms with Gasteiger partial charge in [0.15, 0.2) is 0 Å². The first-order valence-corrected chi connectivity index (χ1v) is 5.59. The van der Waals surface area contributed by atoms with Gasteiger partial charge in [-0.1, -0.05) is 0 Å². The molecule has 0 radical (unpaired) electrons. The molecule has 0 aromatic heterocycles. The van der Waals surface area contributed by atoms with Crippen molar-refractivity contribution in [3.63, 3.8) is 0 Å². The van der Waals surface area contributed by atoms with E-state index >= 15 is 0 Å². The molecule has 0 amide bonds. The molecule has 2 aliphatic rings. The lowest BCUT2D eigenvalue weighted by atomic mass is 9.84. The fourth-order valence-electron chi connectivity index (χ4n) is 2.46. The van der Waals surface area contributed by atoms with Crippen molar-refractivity contribution < 1.29 is 9.47 Å². The highest BCUT2D eigenvalue weighted by molar-refractivity contribution is 4.90. The van der Waals surface area contributed by atoms with Crippen molar-refractivity contribution in [3.05, 3.63) is 0 Å². The average Bonchev–Trinajstić information content (AvgIpc) is 2.24. The standard InChI is InChI=1S/C11H21NO2/c1-12-7-5-11(6-8-12)4-3-10(13-2)9-14-11/h10H,3-9H2,1-2H3. The number of hydrogen-bond donors (Lipinski definition) is 0. The van der Waals surface area contributed by atoms with E-state index in [0.29, 0.717) is 6.10 Å². The van der Waals surface area contributed by atoms with Crippen molar-refractivity contribution in [1.82, 2.24) is 4.90 Å². The minimum atomic E-state index is 0.196. The van der Waals surface area contributed by atoms with E-state index in [1.54, 1.807) is 7.11 Å². The summed E-state index contributed by atoms with van der Waals surface area (Å²) in [5.74, 6) is 0. The first-order chi connectivity index (χ1) is 6.74. The van der Waals surface area contributed by atoms with E-state index in [1.807, 2.05) is 0 Å².